The Kier molecular flexibility index (Phi) is 4.50. The van der Waals surface area contributed by atoms with Crippen LogP contribution in [-0.4, -0.2) is 35.4 Å². The molecule has 0 radical (unpaired) electrons. The fraction of sp³-hybridized carbons (Fsp3) is 0.438. The molecule has 3 rings (SSSR count). The molecule has 1 atom stereocenters. The zero-order chi connectivity index (χ0) is 16.4. The summed E-state index contributed by atoms with van der Waals surface area (Å²) in [7, 11) is -1.84. The fourth-order valence-electron chi connectivity index (χ4n) is 2.99. The highest BCUT2D eigenvalue weighted by Gasteiger charge is 2.31. The minimum Gasteiger partial charge on any atom is -0.339 e. The van der Waals surface area contributed by atoms with Gasteiger partial charge in [0.2, 0.25) is 0 Å². The summed E-state index contributed by atoms with van der Waals surface area (Å²) in [6, 6.07) is 6.35. The maximum Gasteiger partial charge on any atom is 0.262 e. The first-order valence-electron chi connectivity index (χ1n) is 7.70. The van der Waals surface area contributed by atoms with Crippen LogP contribution in [0.3, 0.4) is 0 Å². The van der Waals surface area contributed by atoms with Gasteiger partial charge in [0.05, 0.1) is 6.33 Å². The van der Waals surface area contributed by atoms with Crippen LogP contribution >= 0.6 is 0 Å². The smallest absolute Gasteiger partial charge is 0.262 e. The van der Waals surface area contributed by atoms with Gasteiger partial charge in [-0.05, 0) is 36.5 Å². The van der Waals surface area contributed by atoms with E-state index >= 15 is 0 Å². The zero-order valence-electron chi connectivity index (χ0n) is 13.0. The van der Waals surface area contributed by atoms with E-state index in [2.05, 4.69) is 4.98 Å². The molecule has 7 heteroatoms. The van der Waals surface area contributed by atoms with E-state index in [4.69, 9.17) is 0 Å². The highest BCUT2D eigenvalue weighted by molar-refractivity contribution is 7.89. The molecule has 0 bridgehead atoms. The molecule has 0 aliphatic carbocycles. The third-order valence-corrected chi connectivity index (χ3v) is 6.01. The van der Waals surface area contributed by atoms with Gasteiger partial charge in [-0.2, -0.15) is 4.31 Å². The van der Waals surface area contributed by atoms with Crippen molar-refractivity contribution in [3.05, 3.63) is 48.2 Å². The molecule has 1 saturated heterocycles. The van der Waals surface area contributed by atoms with Crippen LogP contribution in [0.5, 0.6) is 0 Å². The minimum absolute atomic E-state index is 0.0802. The molecule has 0 spiro atoms. The van der Waals surface area contributed by atoms with Crippen LogP contribution in [0.25, 0.3) is 0 Å². The van der Waals surface area contributed by atoms with Crippen LogP contribution in [-0.2, 0) is 17.1 Å². The molecule has 1 unspecified atom stereocenters. The molecule has 23 heavy (non-hydrogen) atoms. The van der Waals surface area contributed by atoms with E-state index in [-0.39, 0.29) is 16.8 Å². The number of imidazole rings is 1. The Morgan fingerprint density at radius 2 is 1.96 bits per heavy atom. The van der Waals surface area contributed by atoms with Crippen molar-refractivity contribution in [2.24, 2.45) is 7.05 Å². The summed E-state index contributed by atoms with van der Waals surface area (Å²) in [6.07, 6.45) is 5.69. The second-order valence-electron chi connectivity index (χ2n) is 5.98. The summed E-state index contributed by atoms with van der Waals surface area (Å²) >= 11 is 0. The molecule has 0 saturated carbocycles. The number of aryl methyl sites for hydroxylation is 1. The van der Waals surface area contributed by atoms with Crippen LogP contribution in [0.4, 0.5) is 4.39 Å². The molecule has 0 amide bonds. The lowest BCUT2D eigenvalue weighted by atomic mass is 9.95. The normalized spacial score (nSPS) is 20.3. The SMILES string of the molecule is Cn1cnc(S(=O)(=O)N2CCCCC(c3ccc(F)cc3)C2)c1. The van der Waals surface area contributed by atoms with Crippen molar-refractivity contribution in [2.75, 3.05) is 13.1 Å². The predicted molar refractivity (Wildman–Crippen MR) is 85.0 cm³/mol. The van der Waals surface area contributed by atoms with E-state index in [1.165, 1.54) is 29.0 Å². The van der Waals surface area contributed by atoms with Crippen LogP contribution in [0.1, 0.15) is 30.7 Å². The quantitative estimate of drug-likeness (QED) is 0.865. The van der Waals surface area contributed by atoms with Crippen molar-refractivity contribution in [1.29, 1.82) is 0 Å². The second-order valence-corrected chi connectivity index (χ2v) is 7.87. The molecule has 1 aliphatic heterocycles. The second kappa shape index (κ2) is 6.41. The largest absolute Gasteiger partial charge is 0.339 e. The third-order valence-electron chi connectivity index (χ3n) is 4.26. The van der Waals surface area contributed by atoms with Gasteiger partial charge < -0.3 is 4.57 Å². The van der Waals surface area contributed by atoms with Crippen LogP contribution in [0, 0.1) is 5.82 Å². The molecular weight excluding hydrogens is 317 g/mol. The van der Waals surface area contributed by atoms with E-state index in [1.807, 2.05) is 0 Å². The van der Waals surface area contributed by atoms with Crippen LogP contribution < -0.4 is 0 Å². The van der Waals surface area contributed by atoms with Crippen molar-refractivity contribution in [3.8, 4) is 0 Å². The number of aromatic nitrogens is 2. The van der Waals surface area contributed by atoms with E-state index < -0.39 is 10.0 Å². The molecule has 1 fully saturated rings. The van der Waals surface area contributed by atoms with E-state index in [1.54, 1.807) is 23.7 Å². The molecule has 1 aliphatic rings. The maximum absolute atomic E-state index is 13.1. The number of hydrogen-bond acceptors (Lipinski definition) is 3. The Morgan fingerprint density at radius 3 is 2.61 bits per heavy atom. The van der Waals surface area contributed by atoms with Crippen molar-refractivity contribution in [3.63, 3.8) is 0 Å². The van der Waals surface area contributed by atoms with Crippen molar-refractivity contribution >= 4 is 10.0 Å². The molecule has 5 nitrogen and oxygen atoms in total. The molecule has 2 heterocycles. The van der Waals surface area contributed by atoms with E-state index in [0.717, 1.165) is 24.8 Å². The van der Waals surface area contributed by atoms with Gasteiger partial charge in [0.1, 0.15) is 5.82 Å². The van der Waals surface area contributed by atoms with Gasteiger partial charge in [-0.25, -0.2) is 17.8 Å². The van der Waals surface area contributed by atoms with E-state index in [9.17, 15) is 12.8 Å². The molecule has 2 aromatic rings. The number of rotatable bonds is 3. The lowest BCUT2D eigenvalue weighted by molar-refractivity contribution is 0.404. The Bertz CT molecular complexity index is 771. The first-order valence-corrected chi connectivity index (χ1v) is 9.14. The number of halogens is 1. The molecular formula is C16H20FN3O2S. The van der Waals surface area contributed by atoms with Gasteiger partial charge in [0.25, 0.3) is 10.0 Å². The molecule has 1 aromatic heterocycles. The lowest BCUT2D eigenvalue weighted by Gasteiger charge is -2.23. The topological polar surface area (TPSA) is 55.2 Å². The number of sulfonamides is 1. The summed E-state index contributed by atoms with van der Waals surface area (Å²) in [5.41, 5.74) is 0.981. The first-order chi connectivity index (χ1) is 11.0. The number of benzene rings is 1. The number of nitrogens with zero attached hydrogens (tertiary/aromatic N) is 3. The first kappa shape index (κ1) is 16.1. The zero-order valence-corrected chi connectivity index (χ0v) is 13.8. The summed E-state index contributed by atoms with van der Waals surface area (Å²) in [5, 5.41) is 0.0831. The highest BCUT2D eigenvalue weighted by Crippen LogP contribution is 2.29. The van der Waals surface area contributed by atoms with Crippen molar-refractivity contribution in [2.45, 2.75) is 30.2 Å². The maximum atomic E-state index is 13.1. The average molecular weight is 337 g/mol. The van der Waals surface area contributed by atoms with Gasteiger partial charge in [0.15, 0.2) is 5.03 Å². The van der Waals surface area contributed by atoms with Gasteiger partial charge in [0, 0.05) is 26.3 Å². The monoisotopic (exact) mass is 337 g/mol. The molecule has 1 aromatic carbocycles. The Hall–Kier alpha value is -1.73. The van der Waals surface area contributed by atoms with E-state index in [0.29, 0.717) is 13.1 Å². The minimum atomic E-state index is -3.59. The number of hydrogen-bond donors (Lipinski definition) is 0. The molecule has 0 N–H and O–H groups in total. The summed E-state index contributed by atoms with van der Waals surface area (Å²) in [4.78, 5) is 3.99. The van der Waals surface area contributed by atoms with Gasteiger partial charge in [-0.3, -0.25) is 0 Å². The van der Waals surface area contributed by atoms with Crippen LogP contribution in [0.2, 0.25) is 0 Å². The van der Waals surface area contributed by atoms with Crippen LogP contribution in [0.15, 0.2) is 41.8 Å². The average Bonchev–Trinajstić information content (AvgIpc) is 2.82. The summed E-state index contributed by atoms with van der Waals surface area (Å²) in [5.74, 6) is -0.197. The summed E-state index contributed by atoms with van der Waals surface area (Å²) in [6.45, 7) is 0.904. The Labute approximate surface area is 135 Å². The fourth-order valence-corrected chi connectivity index (χ4v) is 4.48. The van der Waals surface area contributed by atoms with Gasteiger partial charge in [-0.1, -0.05) is 18.6 Å². The Morgan fingerprint density at radius 1 is 1.22 bits per heavy atom. The summed E-state index contributed by atoms with van der Waals surface area (Å²) < 4.78 is 41.8. The van der Waals surface area contributed by atoms with Crippen molar-refractivity contribution < 1.29 is 12.8 Å². The third kappa shape index (κ3) is 3.45. The van der Waals surface area contributed by atoms with Crippen molar-refractivity contribution in [1.82, 2.24) is 13.9 Å². The standard InChI is InChI=1S/C16H20FN3O2S/c1-19-11-16(18-12-19)23(21,22)20-9-3-2-4-14(10-20)13-5-7-15(17)8-6-13/h5-8,11-12,14H,2-4,9-10H2,1H3. The predicted octanol–water partition coefficient (Wildman–Crippen LogP) is 2.52. The molecule has 124 valence electrons. The lowest BCUT2D eigenvalue weighted by Crippen LogP contribution is -2.34. The van der Waals surface area contributed by atoms with Gasteiger partial charge >= 0.3 is 0 Å². The van der Waals surface area contributed by atoms with Gasteiger partial charge in [-0.15, -0.1) is 0 Å². The highest BCUT2D eigenvalue weighted by atomic mass is 32.2. The Balaban J connectivity index is 1.86.